The van der Waals surface area contributed by atoms with Crippen LogP contribution < -0.4 is 19.9 Å². The molecule has 0 unspecified atom stereocenters. The van der Waals surface area contributed by atoms with E-state index in [1.54, 1.807) is 30.7 Å². The van der Waals surface area contributed by atoms with Gasteiger partial charge in [-0.15, -0.1) is 0 Å². The van der Waals surface area contributed by atoms with E-state index in [1.165, 1.54) is 12.1 Å². The number of anilines is 3. The number of piperazine rings is 1. The number of carbonyl (C=O) groups excluding carboxylic acids is 1. The summed E-state index contributed by atoms with van der Waals surface area (Å²) in [5, 5.41) is 2.64. The molecule has 0 atom stereocenters. The number of amides is 1. The van der Waals surface area contributed by atoms with Gasteiger partial charge in [0.1, 0.15) is 5.82 Å². The van der Waals surface area contributed by atoms with Crippen LogP contribution in [0.2, 0.25) is 0 Å². The number of nitrogens with one attached hydrogen (secondary N) is 1. The summed E-state index contributed by atoms with van der Waals surface area (Å²) in [4.78, 5) is 29.4. The van der Waals surface area contributed by atoms with E-state index < -0.39 is 11.7 Å². The number of rotatable bonds is 6. The Hall–Kier alpha value is -3.75. The predicted octanol–water partition coefficient (Wildman–Crippen LogP) is 2.35. The fourth-order valence-electron chi connectivity index (χ4n) is 3.13. The van der Waals surface area contributed by atoms with Gasteiger partial charge in [-0.2, -0.15) is 0 Å². The zero-order chi connectivity index (χ0) is 20.8. The Kier molecular flexibility index (Phi) is 5.98. The van der Waals surface area contributed by atoms with Crippen LogP contribution in [0.3, 0.4) is 0 Å². The fourth-order valence-corrected chi connectivity index (χ4v) is 3.13. The Balaban J connectivity index is 1.27. The number of nitrogens with zero attached hydrogens (tertiary/aromatic N) is 5. The highest BCUT2D eigenvalue weighted by atomic mass is 19.1. The van der Waals surface area contributed by atoms with Gasteiger partial charge >= 0.3 is 0 Å². The highest BCUT2D eigenvalue weighted by Crippen LogP contribution is 2.17. The molecule has 154 valence electrons. The first-order valence-electron chi connectivity index (χ1n) is 9.59. The number of ether oxygens (including phenoxy) is 1. The molecule has 30 heavy (non-hydrogen) atoms. The summed E-state index contributed by atoms with van der Waals surface area (Å²) in [6.45, 7) is 2.90. The number of aromatic nitrogens is 3. The van der Waals surface area contributed by atoms with Crippen LogP contribution in [0.1, 0.15) is 0 Å². The van der Waals surface area contributed by atoms with Gasteiger partial charge in [0, 0.05) is 32.4 Å². The molecule has 1 aromatic carbocycles. The van der Waals surface area contributed by atoms with Crippen LogP contribution in [0.5, 0.6) is 5.75 Å². The number of carbonyl (C=O) groups is 1. The van der Waals surface area contributed by atoms with Crippen molar-refractivity contribution in [3.05, 3.63) is 66.9 Å². The monoisotopic (exact) mass is 408 g/mol. The lowest BCUT2D eigenvalue weighted by molar-refractivity contribution is -0.118. The Bertz CT molecular complexity index is 978. The van der Waals surface area contributed by atoms with Crippen molar-refractivity contribution >= 4 is 23.4 Å². The summed E-state index contributed by atoms with van der Waals surface area (Å²) in [5.41, 5.74) is 0.452. The molecule has 8 nitrogen and oxygen atoms in total. The molecule has 1 N–H and O–H groups in total. The lowest BCUT2D eigenvalue weighted by Crippen LogP contribution is -2.47. The minimum Gasteiger partial charge on any atom is -0.481 e. The van der Waals surface area contributed by atoms with E-state index in [2.05, 4.69) is 30.1 Å². The molecule has 1 aliphatic rings. The molecule has 0 bridgehead atoms. The quantitative estimate of drug-likeness (QED) is 0.670. The SMILES string of the molecule is O=C(COc1ccccc1F)Nc1cnc(N2CCN(c3ccccn3)CC2)nc1. The summed E-state index contributed by atoms with van der Waals surface area (Å²) in [6, 6.07) is 11.8. The average molecular weight is 408 g/mol. The summed E-state index contributed by atoms with van der Waals surface area (Å²) in [7, 11) is 0. The van der Waals surface area contributed by atoms with Crippen LogP contribution >= 0.6 is 0 Å². The van der Waals surface area contributed by atoms with Crippen molar-refractivity contribution in [3.63, 3.8) is 0 Å². The average Bonchev–Trinajstić information content (AvgIpc) is 2.80. The molecule has 0 radical (unpaired) electrons. The highest BCUT2D eigenvalue weighted by Gasteiger charge is 2.19. The van der Waals surface area contributed by atoms with Crippen LogP contribution in [0.4, 0.5) is 21.8 Å². The molecule has 0 spiro atoms. The molecule has 1 fully saturated rings. The smallest absolute Gasteiger partial charge is 0.262 e. The number of benzene rings is 1. The normalized spacial score (nSPS) is 13.8. The number of halogens is 1. The van der Waals surface area contributed by atoms with Gasteiger partial charge in [-0.3, -0.25) is 4.79 Å². The van der Waals surface area contributed by atoms with Gasteiger partial charge in [-0.05, 0) is 24.3 Å². The van der Waals surface area contributed by atoms with Gasteiger partial charge in [0.25, 0.3) is 5.91 Å². The first-order valence-corrected chi connectivity index (χ1v) is 9.59. The minimum atomic E-state index is -0.513. The molecule has 1 amide bonds. The zero-order valence-corrected chi connectivity index (χ0v) is 16.2. The standard InChI is InChI=1S/C21H21FN6O2/c22-17-5-1-2-6-18(17)30-15-20(29)26-16-13-24-21(25-14-16)28-11-9-27(10-12-28)19-7-3-4-8-23-19/h1-8,13-14H,9-12,15H2,(H,26,29). The lowest BCUT2D eigenvalue weighted by atomic mass is 10.3. The second-order valence-electron chi connectivity index (χ2n) is 6.70. The molecular weight excluding hydrogens is 387 g/mol. The van der Waals surface area contributed by atoms with E-state index in [4.69, 9.17) is 4.74 Å². The van der Waals surface area contributed by atoms with Gasteiger partial charge in [-0.1, -0.05) is 18.2 Å². The van der Waals surface area contributed by atoms with Crippen LogP contribution in [0.25, 0.3) is 0 Å². The molecule has 1 saturated heterocycles. The third kappa shape index (κ3) is 4.80. The van der Waals surface area contributed by atoms with Crippen molar-refractivity contribution in [2.75, 3.05) is 47.9 Å². The van der Waals surface area contributed by atoms with Crippen molar-refractivity contribution in [2.24, 2.45) is 0 Å². The van der Waals surface area contributed by atoms with Crippen molar-refractivity contribution < 1.29 is 13.9 Å². The number of pyridine rings is 1. The molecule has 1 aliphatic heterocycles. The Morgan fingerprint density at radius 2 is 1.67 bits per heavy atom. The third-order valence-corrected chi connectivity index (χ3v) is 4.65. The predicted molar refractivity (Wildman–Crippen MR) is 111 cm³/mol. The third-order valence-electron chi connectivity index (χ3n) is 4.65. The molecule has 3 heterocycles. The lowest BCUT2D eigenvalue weighted by Gasteiger charge is -2.35. The van der Waals surface area contributed by atoms with Crippen molar-refractivity contribution in [1.29, 1.82) is 0 Å². The second kappa shape index (κ2) is 9.17. The second-order valence-corrected chi connectivity index (χ2v) is 6.70. The minimum absolute atomic E-state index is 0.0316. The first-order chi connectivity index (χ1) is 14.7. The summed E-state index contributed by atoms with van der Waals surface area (Å²) in [6.07, 6.45) is 4.89. The van der Waals surface area contributed by atoms with Crippen LogP contribution in [0, 0.1) is 5.82 Å². The summed E-state index contributed by atoms with van der Waals surface area (Å²) < 4.78 is 18.7. The number of para-hydroxylation sites is 1. The van der Waals surface area contributed by atoms with Gasteiger partial charge < -0.3 is 19.9 Å². The van der Waals surface area contributed by atoms with E-state index >= 15 is 0 Å². The Morgan fingerprint density at radius 1 is 0.967 bits per heavy atom. The molecule has 0 aliphatic carbocycles. The zero-order valence-electron chi connectivity index (χ0n) is 16.2. The van der Waals surface area contributed by atoms with Crippen LogP contribution in [0.15, 0.2) is 61.1 Å². The summed E-state index contributed by atoms with van der Waals surface area (Å²) >= 11 is 0. The maximum Gasteiger partial charge on any atom is 0.262 e. The van der Waals surface area contributed by atoms with E-state index in [-0.39, 0.29) is 12.4 Å². The van der Waals surface area contributed by atoms with Gasteiger partial charge in [0.15, 0.2) is 18.2 Å². The molecule has 2 aromatic heterocycles. The van der Waals surface area contributed by atoms with Crippen LogP contribution in [-0.2, 0) is 4.79 Å². The topological polar surface area (TPSA) is 83.5 Å². The maximum absolute atomic E-state index is 13.5. The van der Waals surface area contributed by atoms with E-state index in [1.807, 2.05) is 18.2 Å². The first kappa shape index (κ1) is 19.6. The number of hydrogen-bond donors (Lipinski definition) is 1. The molecule has 9 heteroatoms. The van der Waals surface area contributed by atoms with Crippen molar-refractivity contribution in [3.8, 4) is 5.75 Å². The highest BCUT2D eigenvalue weighted by molar-refractivity contribution is 5.91. The maximum atomic E-state index is 13.5. The van der Waals surface area contributed by atoms with Gasteiger partial charge in [0.2, 0.25) is 5.95 Å². The van der Waals surface area contributed by atoms with Gasteiger partial charge in [0.05, 0.1) is 18.1 Å². The van der Waals surface area contributed by atoms with Crippen LogP contribution in [-0.4, -0.2) is 53.6 Å². The summed E-state index contributed by atoms with van der Waals surface area (Å²) in [5.74, 6) is 0.675. The Morgan fingerprint density at radius 3 is 2.37 bits per heavy atom. The van der Waals surface area contributed by atoms with E-state index in [0.717, 1.165) is 32.0 Å². The fraction of sp³-hybridized carbons (Fsp3) is 0.238. The number of hydrogen-bond acceptors (Lipinski definition) is 7. The van der Waals surface area contributed by atoms with E-state index in [9.17, 15) is 9.18 Å². The molecule has 4 rings (SSSR count). The van der Waals surface area contributed by atoms with Crippen molar-refractivity contribution in [2.45, 2.75) is 0 Å². The molecular formula is C21H21FN6O2. The molecule has 0 saturated carbocycles. The molecule has 3 aromatic rings. The van der Waals surface area contributed by atoms with Crippen molar-refractivity contribution in [1.82, 2.24) is 15.0 Å². The Labute approximate surface area is 173 Å². The largest absolute Gasteiger partial charge is 0.481 e. The van der Waals surface area contributed by atoms with E-state index in [0.29, 0.717) is 11.6 Å². The van der Waals surface area contributed by atoms with Gasteiger partial charge in [-0.25, -0.2) is 19.3 Å².